The molecule has 0 unspecified atom stereocenters. The van der Waals surface area contributed by atoms with E-state index >= 15 is 0 Å². The van der Waals surface area contributed by atoms with Crippen molar-refractivity contribution in [2.24, 2.45) is 0 Å². The Morgan fingerprint density at radius 1 is 1.07 bits per heavy atom. The molecule has 148 valence electrons. The van der Waals surface area contributed by atoms with Crippen LogP contribution in [0.5, 0.6) is 5.75 Å². The predicted octanol–water partition coefficient (Wildman–Crippen LogP) is 0.382. The second-order valence-corrected chi connectivity index (χ2v) is 7.22. The number of carbonyl (C=O) groups is 2. The molecule has 1 aromatic rings. The number of ether oxygens (including phenoxy) is 1. The summed E-state index contributed by atoms with van der Waals surface area (Å²) in [6.07, 6.45) is 1.89. The van der Waals surface area contributed by atoms with Gasteiger partial charge in [-0.3, -0.25) is 19.4 Å². The average Bonchev–Trinajstić information content (AvgIpc) is 3.14. The van der Waals surface area contributed by atoms with E-state index in [1.54, 1.807) is 0 Å². The Kier molecular flexibility index (Phi) is 7.06. The number of carbonyl (C=O) groups excluding carboxylic acids is 2. The zero-order chi connectivity index (χ0) is 19.1. The van der Waals surface area contributed by atoms with Crippen LogP contribution in [0.1, 0.15) is 24.5 Å². The summed E-state index contributed by atoms with van der Waals surface area (Å²) >= 11 is 0. The van der Waals surface area contributed by atoms with Crippen molar-refractivity contribution < 1.29 is 14.3 Å². The molecule has 27 heavy (non-hydrogen) atoms. The van der Waals surface area contributed by atoms with E-state index < -0.39 is 0 Å². The van der Waals surface area contributed by atoms with Crippen LogP contribution in [0.3, 0.4) is 0 Å². The van der Waals surface area contributed by atoms with Crippen LogP contribution in [0, 0.1) is 0 Å². The third kappa shape index (κ3) is 5.94. The Labute approximate surface area is 161 Å². The summed E-state index contributed by atoms with van der Waals surface area (Å²) in [5, 5.41) is 5.45. The molecule has 0 aromatic heterocycles. The smallest absolute Gasteiger partial charge is 0.239 e. The number of nitrogens with zero attached hydrogens (tertiary/aromatic N) is 2. The third-order valence-electron chi connectivity index (χ3n) is 5.01. The molecule has 7 nitrogen and oxygen atoms in total. The maximum atomic E-state index is 12.0. The number of amides is 2. The highest BCUT2D eigenvalue weighted by atomic mass is 16.5. The van der Waals surface area contributed by atoms with Crippen LogP contribution in [-0.2, 0) is 22.6 Å². The lowest BCUT2D eigenvalue weighted by Crippen LogP contribution is -2.49. The predicted molar refractivity (Wildman–Crippen MR) is 104 cm³/mol. The second-order valence-electron chi connectivity index (χ2n) is 7.22. The lowest BCUT2D eigenvalue weighted by molar-refractivity contribution is -0.127. The highest BCUT2D eigenvalue weighted by molar-refractivity contribution is 5.85. The van der Waals surface area contributed by atoms with Gasteiger partial charge in [-0.05, 0) is 23.6 Å². The summed E-state index contributed by atoms with van der Waals surface area (Å²) in [5.74, 6) is 0.807. The normalized spacial score (nSPS) is 17.2. The van der Waals surface area contributed by atoms with Crippen molar-refractivity contribution in [2.45, 2.75) is 26.3 Å². The fraction of sp³-hybridized carbons (Fsp3) is 0.600. The van der Waals surface area contributed by atoms with E-state index in [0.29, 0.717) is 13.1 Å². The summed E-state index contributed by atoms with van der Waals surface area (Å²) in [5.41, 5.74) is 2.63. The van der Waals surface area contributed by atoms with Gasteiger partial charge in [0.2, 0.25) is 11.8 Å². The molecule has 3 rings (SSSR count). The highest BCUT2D eigenvalue weighted by Crippen LogP contribution is 2.26. The summed E-state index contributed by atoms with van der Waals surface area (Å²) < 4.78 is 5.57. The number of fused-ring (bicyclic) bond motifs is 1. The van der Waals surface area contributed by atoms with Crippen LogP contribution < -0.4 is 15.4 Å². The van der Waals surface area contributed by atoms with Crippen molar-refractivity contribution >= 4 is 11.8 Å². The van der Waals surface area contributed by atoms with Crippen LogP contribution in [0.15, 0.2) is 18.2 Å². The minimum absolute atomic E-state index is 0.0564. The summed E-state index contributed by atoms with van der Waals surface area (Å²) in [4.78, 5) is 28.1. The second kappa shape index (κ2) is 9.71. The van der Waals surface area contributed by atoms with E-state index in [1.807, 2.05) is 6.92 Å². The van der Waals surface area contributed by atoms with Gasteiger partial charge >= 0.3 is 0 Å². The molecule has 0 bridgehead atoms. The topological polar surface area (TPSA) is 73.9 Å². The lowest BCUT2D eigenvalue weighted by Gasteiger charge is -2.34. The Bertz CT molecular complexity index is 657. The first-order valence-electron chi connectivity index (χ1n) is 9.86. The molecule has 2 aliphatic heterocycles. The van der Waals surface area contributed by atoms with Gasteiger partial charge in [0.1, 0.15) is 5.75 Å². The molecule has 1 aromatic carbocycles. The van der Waals surface area contributed by atoms with Gasteiger partial charge in [-0.15, -0.1) is 0 Å². The standard InChI is InChI=1S/C20H30N4O3/c1-2-6-21-19(25)13-22-20(26)15-24-9-7-23(8-10-24)14-16-3-4-18-17(12-16)5-11-27-18/h3-4,12H,2,5-11,13-15H2,1H3,(H,21,25)(H,22,26). The maximum absolute atomic E-state index is 12.0. The number of benzene rings is 1. The van der Waals surface area contributed by atoms with E-state index in [9.17, 15) is 9.59 Å². The van der Waals surface area contributed by atoms with Gasteiger partial charge in [0.15, 0.2) is 0 Å². The van der Waals surface area contributed by atoms with Crippen molar-refractivity contribution in [1.82, 2.24) is 20.4 Å². The van der Waals surface area contributed by atoms with E-state index in [0.717, 1.165) is 57.9 Å². The SMILES string of the molecule is CCCNC(=O)CNC(=O)CN1CCN(Cc2ccc3c(c2)CCO3)CC1. The molecular formula is C20H30N4O3. The molecule has 7 heteroatoms. The van der Waals surface area contributed by atoms with Crippen LogP contribution in [0.25, 0.3) is 0 Å². The van der Waals surface area contributed by atoms with Crippen molar-refractivity contribution in [3.8, 4) is 5.75 Å². The highest BCUT2D eigenvalue weighted by Gasteiger charge is 2.20. The number of hydrogen-bond acceptors (Lipinski definition) is 5. The zero-order valence-electron chi connectivity index (χ0n) is 16.1. The molecular weight excluding hydrogens is 344 g/mol. The molecule has 1 saturated heterocycles. The first-order valence-corrected chi connectivity index (χ1v) is 9.86. The van der Waals surface area contributed by atoms with Crippen LogP contribution in [-0.4, -0.2) is 74.0 Å². The molecule has 0 atom stereocenters. The quantitative estimate of drug-likeness (QED) is 0.688. The molecule has 2 heterocycles. The maximum Gasteiger partial charge on any atom is 0.239 e. The van der Waals surface area contributed by atoms with Crippen LogP contribution in [0.4, 0.5) is 0 Å². The van der Waals surface area contributed by atoms with Crippen molar-refractivity contribution in [1.29, 1.82) is 0 Å². The third-order valence-corrected chi connectivity index (χ3v) is 5.01. The summed E-state index contributed by atoms with van der Waals surface area (Å²) in [6, 6.07) is 6.48. The van der Waals surface area contributed by atoms with E-state index in [-0.39, 0.29) is 18.4 Å². The van der Waals surface area contributed by atoms with Gasteiger partial charge in [0.25, 0.3) is 0 Å². The minimum atomic E-state index is -0.130. The molecule has 2 aliphatic rings. The van der Waals surface area contributed by atoms with Crippen molar-refractivity contribution in [3.05, 3.63) is 29.3 Å². The van der Waals surface area contributed by atoms with E-state index in [1.165, 1.54) is 11.1 Å². The summed E-state index contributed by atoms with van der Waals surface area (Å²) in [6.45, 7) is 8.39. The first-order chi connectivity index (χ1) is 13.1. The molecule has 1 fully saturated rings. The number of rotatable bonds is 8. The minimum Gasteiger partial charge on any atom is -0.493 e. The number of nitrogens with one attached hydrogen (secondary N) is 2. The Hall–Kier alpha value is -2.12. The molecule has 2 N–H and O–H groups in total. The Balaban J connectivity index is 1.35. The van der Waals surface area contributed by atoms with E-state index in [2.05, 4.69) is 38.6 Å². The first kappa shape index (κ1) is 19.6. The Morgan fingerprint density at radius 3 is 2.63 bits per heavy atom. The van der Waals surface area contributed by atoms with E-state index in [4.69, 9.17) is 4.74 Å². The zero-order valence-corrected chi connectivity index (χ0v) is 16.1. The largest absolute Gasteiger partial charge is 0.493 e. The van der Waals surface area contributed by atoms with Crippen LogP contribution in [0.2, 0.25) is 0 Å². The average molecular weight is 374 g/mol. The van der Waals surface area contributed by atoms with Gasteiger partial charge in [0, 0.05) is 45.7 Å². The molecule has 0 spiro atoms. The van der Waals surface area contributed by atoms with Gasteiger partial charge in [0.05, 0.1) is 19.7 Å². The van der Waals surface area contributed by atoms with Gasteiger partial charge in [-0.2, -0.15) is 0 Å². The van der Waals surface area contributed by atoms with Gasteiger partial charge in [-0.25, -0.2) is 0 Å². The number of piperazine rings is 1. The van der Waals surface area contributed by atoms with Gasteiger partial charge < -0.3 is 15.4 Å². The van der Waals surface area contributed by atoms with Crippen molar-refractivity contribution in [3.63, 3.8) is 0 Å². The van der Waals surface area contributed by atoms with Crippen LogP contribution >= 0.6 is 0 Å². The summed E-state index contributed by atoms with van der Waals surface area (Å²) in [7, 11) is 0. The van der Waals surface area contributed by atoms with Gasteiger partial charge in [-0.1, -0.05) is 19.1 Å². The fourth-order valence-corrected chi connectivity index (χ4v) is 3.47. The molecule has 0 radical (unpaired) electrons. The fourth-order valence-electron chi connectivity index (χ4n) is 3.47. The monoisotopic (exact) mass is 374 g/mol. The molecule has 0 saturated carbocycles. The Morgan fingerprint density at radius 2 is 1.85 bits per heavy atom. The lowest BCUT2D eigenvalue weighted by atomic mass is 10.1. The number of hydrogen-bond donors (Lipinski definition) is 2. The van der Waals surface area contributed by atoms with Crippen molar-refractivity contribution in [2.75, 3.05) is 52.4 Å². The molecule has 0 aliphatic carbocycles. The molecule has 2 amide bonds.